The molecule has 0 aliphatic heterocycles. The lowest BCUT2D eigenvalue weighted by atomic mass is 9.79. The summed E-state index contributed by atoms with van der Waals surface area (Å²) in [5, 5.41) is 0. The zero-order chi connectivity index (χ0) is 25.0. The van der Waals surface area contributed by atoms with Gasteiger partial charge in [-0.3, -0.25) is 0 Å². The fourth-order valence-corrected chi connectivity index (χ4v) is 4.38. The average molecular weight is 473 g/mol. The first-order chi connectivity index (χ1) is 17.0. The predicted molar refractivity (Wildman–Crippen MR) is 146 cm³/mol. The van der Waals surface area contributed by atoms with Crippen LogP contribution in [0.15, 0.2) is 79.4 Å². The van der Waals surface area contributed by atoms with Gasteiger partial charge in [0, 0.05) is 0 Å². The highest BCUT2D eigenvalue weighted by Gasteiger charge is 2.19. The summed E-state index contributed by atoms with van der Waals surface area (Å²) in [6.07, 6.45) is 13.8. The molecule has 35 heavy (non-hydrogen) atoms. The van der Waals surface area contributed by atoms with E-state index >= 15 is 0 Å². The third-order valence-corrected chi connectivity index (χ3v) is 6.83. The summed E-state index contributed by atoms with van der Waals surface area (Å²) >= 11 is 0. The van der Waals surface area contributed by atoms with E-state index in [0.717, 1.165) is 29.2 Å². The number of hydrogen-bond acceptors (Lipinski definition) is 3. The second-order valence-corrected chi connectivity index (χ2v) is 9.74. The van der Waals surface area contributed by atoms with Crippen LogP contribution in [0.2, 0.25) is 0 Å². The molecule has 0 amide bonds. The van der Waals surface area contributed by atoms with Crippen LogP contribution in [0.5, 0.6) is 11.5 Å². The molecule has 0 bridgehead atoms. The molecule has 2 aromatic carbocycles. The van der Waals surface area contributed by atoms with E-state index in [1.807, 2.05) is 30.3 Å². The Morgan fingerprint density at radius 1 is 0.857 bits per heavy atom. The number of carbonyl (C=O) groups is 1. The minimum atomic E-state index is -0.385. The summed E-state index contributed by atoms with van der Waals surface area (Å²) in [5.74, 6) is 2.32. The fourth-order valence-electron chi connectivity index (χ4n) is 4.38. The molecule has 0 heterocycles. The van der Waals surface area contributed by atoms with Crippen molar-refractivity contribution in [3.8, 4) is 11.5 Å². The van der Waals surface area contributed by atoms with E-state index in [9.17, 15) is 4.79 Å². The number of unbranched alkanes of at least 4 members (excludes halogenated alkanes) is 3. The van der Waals surface area contributed by atoms with Crippen LogP contribution in [0.25, 0.3) is 5.57 Å². The van der Waals surface area contributed by atoms with Crippen LogP contribution in [-0.4, -0.2) is 12.6 Å². The molecule has 1 fully saturated rings. The maximum Gasteiger partial charge on any atom is 0.343 e. The molecule has 0 unspecified atom stereocenters. The molecule has 3 nitrogen and oxygen atoms in total. The molecule has 0 aromatic heterocycles. The van der Waals surface area contributed by atoms with Gasteiger partial charge in [0.05, 0.1) is 12.2 Å². The second-order valence-electron chi connectivity index (χ2n) is 9.74. The zero-order valence-electron chi connectivity index (χ0n) is 21.4. The van der Waals surface area contributed by atoms with E-state index in [0.29, 0.717) is 23.8 Å². The number of rotatable bonds is 12. The molecule has 0 atom stereocenters. The summed E-state index contributed by atoms with van der Waals surface area (Å²) < 4.78 is 11.3. The van der Waals surface area contributed by atoms with Crippen molar-refractivity contribution in [1.82, 2.24) is 0 Å². The normalized spacial score (nSPS) is 17.8. The topological polar surface area (TPSA) is 35.5 Å². The van der Waals surface area contributed by atoms with Crippen molar-refractivity contribution in [3.63, 3.8) is 0 Å². The lowest BCUT2D eigenvalue weighted by Gasteiger charge is -2.26. The molecule has 186 valence electrons. The van der Waals surface area contributed by atoms with Crippen molar-refractivity contribution in [1.29, 1.82) is 0 Å². The monoisotopic (exact) mass is 472 g/mol. The first kappa shape index (κ1) is 26.5. The molecule has 3 rings (SSSR count). The SMILES string of the molecule is C=C(/C=C\C(=C)C1CCC(C)CC1)c1ccc(OC(=O)c2ccc(OCCCCCC)cc2)cc1. The molecule has 3 heteroatoms. The quantitative estimate of drug-likeness (QED) is 0.134. The van der Waals surface area contributed by atoms with E-state index in [1.54, 1.807) is 24.3 Å². The Morgan fingerprint density at radius 3 is 2.14 bits per heavy atom. The third kappa shape index (κ3) is 8.58. The number of allylic oxidation sites excluding steroid dienone is 4. The first-order valence-corrected chi connectivity index (χ1v) is 13.1. The maximum atomic E-state index is 12.5. The van der Waals surface area contributed by atoms with Gasteiger partial charge in [-0.25, -0.2) is 4.79 Å². The van der Waals surface area contributed by atoms with E-state index in [4.69, 9.17) is 9.47 Å². The molecule has 1 saturated carbocycles. The fraction of sp³-hybridized carbons (Fsp3) is 0.406. The van der Waals surface area contributed by atoms with Gasteiger partial charge in [0.25, 0.3) is 0 Å². The highest BCUT2D eigenvalue weighted by Crippen LogP contribution is 2.33. The van der Waals surface area contributed by atoms with Crippen LogP contribution in [-0.2, 0) is 0 Å². The number of esters is 1. The van der Waals surface area contributed by atoms with E-state index < -0.39 is 0 Å². The minimum absolute atomic E-state index is 0.385. The van der Waals surface area contributed by atoms with Gasteiger partial charge in [-0.15, -0.1) is 0 Å². The highest BCUT2D eigenvalue weighted by atomic mass is 16.5. The van der Waals surface area contributed by atoms with Crippen molar-refractivity contribution >= 4 is 11.5 Å². The van der Waals surface area contributed by atoms with Crippen molar-refractivity contribution in [3.05, 3.63) is 90.5 Å². The van der Waals surface area contributed by atoms with Crippen molar-refractivity contribution in [2.45, 2.75) is 65.2 Å². The largest absolute Gasteiger partial charge is 0.494 e. The van der Waals surface area contributed by atoms with Gasteiger partial charge in [-0.1, -0.05) is 89.0 Å². The molecule has 0 spiro atoms. The Kier molecular flexibility index (Phi) is 10.4. The van der Waals surface area contributed by atoms with Crippen LogP contribution in [0, 0.1) is 11.8 Å². The van der Waals surface area contributed by atoms with Gasteiger partial charge in [0.2, 0.25) is 0 Å². The van der Waals surface area contributed by atoms with E-state index in [2.05, 4.69) is 33.1 Å². The zero-order valence-corrected chi connectivity index (χ0v) is 21.4. The first-order valence-electron chi connectivity index (χ1n) is 13.1. The van der Waals surface area contributed by atoms with Crippen molar-refractivity contribution < 1.29 is 14.3 Å². The summed E-state index contributed by atoms with van der Waals surface area (Å²) in [7, 11) is 0. The van der Waals surface area contributed by atoms with Gasteiger partial charge in [-0.05, 0) is 78.6 Å². The number of hydrogen-bond donors (Lipinski definition) is 0. The minimum Gasteiger partial charge on any atom is -0.494 e. The van der Waals surface area contributed by atoms with Gasteiger partial charge in [0.15, 0.2) is 0 Å². The van der Waals surface area contributed by atoms with Crippen LogP contribution < -0.4 is 9.47 Å². The maximum absolute atomic E-state index is 12.5. The molecule has 0 radical (unpaired) electrons. The molecular weight excluding hydrogens is 432 g/mol. The summed E-state index contributed by atoms with van der Waals surface area (Å²) in [6, 6.07) is 14.6. The Hall–Kier alpha value is -3.07. The Labute approximate surface area is 211 Å². The van der Waals surface area contributed by atoms with Crippen molar-refractivity contribution in [2.75, 3.05) is 6.61 Å². The lowest BCUT2D eigenvalue weighted by Crippen LogP contribution is -2.13. The molecular formula is C32H40O3. The molecule has 0 saturated heterocycles. The number of carbonyl (C=O) groups excluding carboxylic acids is 1. The van der Waals surface area contributed by atoms with Gasteiger partial charge >= 0.3 is 5.97 Å². The predicted octanol–water partition coefficient (Wildman–Crippen LogP) is 8.82. The standard InChI is InChI=1S/C32H40O3/c1-5-6-7-8-23-34-30-19-17-29(18-20-30)32(33)35-31-21-15-28(16-22-31)26(4)12-11-25(3)27-13-9-24(2)10-14-27/h11-12,15-22,24,27H,3-10,13-14,23H2,1-2H3/b12-11-. The van der Waals surface area contributed by atoms with Crippen molar-refractivity contribution in [2.24, 2.45) is 11.8 Å². The molecule has 0 N–H and O–H groups in total. The smallest absolute Gasteiger partial charge is 0.343 e. The van der Waals surface area contributed by atoms with Crippen LogP contribution in [0.3, 0.4) is 0 Å². The number of ether oxygens (including phenoxy) is 2. The summed E-state index contributed by atoms with van der Waals surface area (Å²) in [6.45, 7) is 13.7. The summed E-state index contributed by atoms with van der Waals surface area (Å²) in [5.41, 5.74) is 3.59. The van der Waals surface area contributed by atoms with Gasteiger partial charge < -0.3 is 9.47 Å². The number of benzene rings is 2. The van der Waals surface area contributed by atoms with Crippen LogP contribution >= 0.6 is 0 Å². The highest BCUT2D eigenvalue weighted by molar-refractivity contribution is 5.91. The second kappa shape index (κ2) is 13.7. The molecule has 2 aromatic rings. The van der Waals surface area contributed by atoms with Gasteiger partial charge in [0.1, 0.15) is 11.5 Å². The molecule has 1 aliphatic rings. The van der Waals surface area contributed by atoms with Gasteiger partial charge in [-0.2, -0.15) is 0 Å². The third-order valence-electron chi connectivity index (χ3n) is 6.83. The van der Waals surface area contributed by atoms with Crippen LogP contribution in [0.1, 0.15) is 81.1 Å². The Morgan fingerprint density at radius 2 is 1.49 bits per heavy atom. The summed E-state index contributed by atoms with van der Waals surface area (Å²) in [4.78, 5) is 12.5. The Balaban J connectivity index is 1.47. The Bertz CT molecular complexity index is 990. The van der Waals surface area contributed by atoms with E-state index in [1.165, 1.54) is 50.5 Å². The molecule has 1 aliphatic carbocycles. The lowest BCUT2D eigenvalue weighted by molar-refractivity contribution is 0.0734. The average Bonchev–Trinajstić information content (AvgIpc) is 2.88. The van der Waals surface area contributed by atoms with Crippen LogP contribution in [0.4, 0.5) is 0 Å². The van der Waals surface area contributed by atoms with E-state index in [-0.39, 0.29) is 5.97 Å².